The maximum Gasteiger partial charge on any atom is 0.291 e. The van der Waals surface area contributed by atoms with E-state index in [9.17, 15) is 14.4 Å². The number of nitrogens with zero attached hydrogens (tertiary/aromatic N) is 2. The Labute approximate surface area is 133 Å². The highest BCUT2D eigenvalue weighted by Gasteiger charge is 2.34. The van der Waals surface area contributed by atoms with Gasteiger partial charge in [-0.05, 0) is 24.5 Å². The van der Waals surface area contributed by atoms with Crippen LogP contribution in [0.5, 0.6) is 0 Å². The van der Waals surface area contributed by atoms with Gasteiger partial charge in [-0.15, -0.1) is 0 Å². The fraction of sp³-hybridized carbons (Fsp3) is 0.438. The van der Waals surface area contributed by atoms with Crippen LogP contribution in [-0.2, 0) is 14.4 Å². The summed E-state index contributed by atoms with van der Waals surface area (Å²) in [6, 6.07) is 7.77. The second-order valence-corrected chi connectivity index (χ2v) is 6.20. The maximum absolute atomic E-state index is 11.9. The number of hydrogen-bond acceptors (Lipinski definition) is 3. The summed E-state index contributed by atoms with van der Waals surface area (Å²) in [6.45, 7) is 1.04. The number of carbonyl (C=O) groups excluding carboxylic acids is 3. The number of carbonyl (C=O) groups is 3. The first kappa shape index (κ1) is 15.0. The van der Waals surface area contributed by atoms with E-state index in [-0.39, 0.29) is 18.1 Å². The summed E-state index contributed by atoms with van der Waals surface area (Å²) < 4.78 is 0. The highest BCUT2D eigenvalue weighted by Crippen LogP contribution is 2.37. The number of benzene rings is 1. The van der Waals surface area contributed by atoms with E-state index in [2.05, 4.69) is 0 Å². The molecule has 0 bridgehead atoms. The minimum Gasteiger partial charge on any atom is -0.320 e. The summed E-state index contributed by atoms with van der Waals surface area (Å²) in [5, 5.41) is 0. The van der Waals surface area contributed by atoms with Crippen molar-refractivity contribution in [2.45, 2.75) is 30.7 Å². The van der Waals surface area contributed by atoms with Crippen LogP contribution in [0.4, 0.5) is 5.69 Å². The van der Waals surface area contributed by atoms with E-state index in [1.54, 1.807) is 4.90 Å². The van der Waals surface area contributed by atoms with Crippen molar-refractivity contribution < 1.29 is 14.4 Å². The second-order valence-electron chi connectivity index (χ2n) is 5.70. The van der Waals surface area contributed by atoms with E-state index in [1.807, 2.05) is 24.3 Å². The largest absolute Gasteiger partial charge is 0.320 e. The summed E-state index contributed by atoms with van der Waals surface area (Å²) in [4.78, 5) is 37.8. The molecule has 6 heteroatoms. The van der Waals surface area contributed by atoms with E-state index in [0.29, 0.717) is 25.9 Å². The van der Waals surface area contributed by atoms with Crippen LogP contribution in [-0.4, -0.2) is 41.6 Å². The number of halogens is 1. The van der Waals surface area contributed by atoms with Crippen molar-refractivity contribution in [3.8, 4) is 0 Å². The van der Waals surface area contributed by atoms with Gasteiger partial charge in [0.1, 0.15) is 5.50 Å². The van der Waals surface area contributed by atoms with Gasteiger partial charge in [-0.1, -0.05) is 29.8 Å². The molecule has 2 aliphatic rings. The number of rotatable bonds is 4. The Balaban J connectivity index is 1.71. The molecule has 2 heterocycles. The van der Waals surface area contributed by atoms with Gasteiger partial charge in [0.25, 0.3) is 5.91 Å². The highest BCUT2D eigenvalue weighted by atomic mass is 35.5. The van der Waals surface area contributed by atoms with Crippen LogP contribution in [0.3, 0.4) is 0 Å². The van der Waals surface area contributed by atoms with Gasteiger partial charge in [0.15, 0.2) is 0 Å². The number of alkyl halides is 1. The van der Waals surface area contributed by atoms with Gasteiger partial charge in [0.05, 0.1) is 0 Å². The van der Waals surface area contributed by atoms with Crippen molar-refractivity contribution in [3.05, 3.63) is 29.8 Å². The van der Waals surface area contributed by atoms with E-state index in [1.165, 1.54) is 4.90 Å². The first-order valence-corrected chi connectivity index (χ1v) is 7.84. The fourth-order valence-corrected chi connectivity index (χ4v) is 3.51. The lowest BCUT2D eigenvalue weighted by Crippen LogP contribution is -2.46. The third kappa shape index (κ3) is 2.61. The van der Waals surface area contributed by atoms with E-state index in [4.69, 9.17) is 11.6 Å². The van der Waals surface area contributed by atoms with Gasteiger partial charge in [-0.3, -0.25) is 14.4 Å². The lowest BCUT2D eigenvalue weighted by atomic mass is 9.97. The van der Waals surface area contributed by atoms with Gasteiger partial charge in [0, 0.05) is 31.1 Å². The molecule has 0 radical (unpaired) electrons. The molecular formula is C16H17ClN2O3. The predicted molar refractivity (Wildman–Crippen MR) is 82.8 cm³/mol. The average Bonchev–Trinajstić information content (AvgIpc) is 2.89. The summed E-state index contributed by atoms with van der Waals surface area (Å²) >= 11 is 6.17. The van der Waals surface area contributed by atoms with Crippen LogP contribution in [0.1, 0.15) is 30.7 Å². The molecule has 5 nitrogen and oxygen atoms in total. The van der Waals surface area contributed by atoms with Gasteiger partial charge >= 0.3 is 0 Å². The van der Waals surface area contributed by atoms with Crippen molar-refractivity contribution in [2.24, 2.45) is 0 Å². The minimum atomic E-state index is -0.482. The molecule has 2 unspecified atom stereocenters. The lowest BCUT2D eigenvalue weighted by molar-refractivity contribution is -0.148. The van der Waals surface area contributed by atoms with Crippen LogP contribution in [0.25, 0.3) is 0 Å². The van der Waals surface area contributed by atoms with Crippen LogP contribution in [0.2, 0.25) is 0 Å². The molecule has 1 aromatic carbocycles. The number of ketones is 1. The molecular weight excluding hydrogens is 304 g/mol. The Morgan fingerprint density at radius 3 is 2.82 bits per heavy atom. The van der Waals surface area contributed by atoms with Crippen molar-refractivity contribution in [1.82, 2.24) is 4.90 Å². The minimum absolute atomic E-state index is 0.162. The molecule has 0 N–H and O–H groups in total. The van der Waals surface area contributed by atoms with Gasteiger partial charge in [-0.2, -0.15) is 0 Å². The van der Waals surface area contributed by atoms with Crippen LogP contribution >= 0.6 is 11.6 Å². The molecule has 22 heavy (non-hydrogen) atoms. The van der Waals surface area contributed by atoms with E-state index < -0.39 is 11.4 Å². The van der Waals surface area contributed by atoms with Gasteiger partial charge in [-0.25, -0.2) is 0 Å². The summed E-state index contributed by atoms with van der Waals surface area (Å²) in [5.74, 6) is -0.682. The van der Waals surface area contributed by atoms with Crippen molar-refractivity contribution in [1.29, 1.82) is 0 Å². The summed E-state index contributed by atoms with van der Waals surface area (Å²) in [7, 11) is 0. The predicted octanol–water partition coefficient (Wildman–Crippen LogP) is 1.89. The normalized spacial score (nSPS) is 24.6. The molecule has 0 spiro atoms. The van der Waals surface area contributed by atoms with Gasteiger partial charge in [0.2, 0.25) is 12.2 Å². The third-order valence-corrected chi connectivity index (χ3v) is 4.85. The fourth-order valence-electron chi connectivity index (χ4n) is 3.21. The maximum atomic E-state index is 11.9. The molecule has 1 aromatic rings. The van der Waals surface area contributed by atoms with Crippen LogP contribution in [0, 0.1) is 0 Å². The Bertz CT molecular complexity index is 619. The Kier molecular flexibility index (Phi) is 4.16. The Morgan fingerprint density at radius 1 is 1.27 bits per heavy atom. The number of anilines is 1. The molecule has 0 aromatic heterocycles. The molecule has 2 aliphatic heterocycles. The van der Waals surface area contributed by atoms with Crippen molar-refractivity contribution in [2.75, 3.05) is 18.0 Å². The first-order valence-electron chi connectivity index (χ1n) is 7.40. The zero-order valence-electron chi connectivity index (χ0n) is 12.1. The molecule has 116 valence electrons. The van der Waals surface area contributed by atoms with Crippen LogP contribution < -0.4 is 4.90 Å². The monoisotopic (exact) mass is 320 g/mol. The Hall–Kier alpha value is -1.88. The number of para-hydroxylation sites is 1. The lowest BCUT2D eigenvalue weighted by Gasteiger charge is -2.31. The number of amides is 2. The Morgan fingerprint density at radius 2 is 2.05 bits per heavy atom. The van der Waals surface area contributed by atoms with E-state index in [0.717, 1.165) is 17.7 Å². The molecule has 3 rings (SSSR count). The topological polar surface area (TPSA) is 57.7 Å². The molecule has 1 saturated heterocycles. The van der Waals surface area contributed by atoms with Crippen LogP contribution in [0.15, 0.2) is 24.3 Å². The summed E-state index contributed by atoms with van der Waals surface area (Å²) in [5.41, 5.74) is 1.62. The molecule has 0 aliphatic carbocycles. The molecule has 1 fully saturated rings. The number of Topliss-reactive ketones (excluding diaryl/α,β-unsaturated/α-hetero) is 1. The zero-order chi connectivity index (χ0) is 15.7. The standard InChI is InChI=1S/C16H17ClN2O3/c17-15-6-5-14(21)16(22)19(15)8-7-11-9-18(10-20)13-4-2-1-3-12(11)13/h1-4,10-11,15H,5-9H2. The summed E-state index contributed by atoms with van der Waals surface area (Å²) in [6.07, 6.45) is 2.25. The molecule has 0 saturated carbocycles. The third-order valence-electron chi connectivity index (χ3n) is 4.40. The number of fused-ring (bicyclic) bond motifs is 1. The smallest absolute Gasteiger partial charge is 0.291 e. The van der Waals surface area contributed by atoms with Crippen molar-refractivity contribution >= 4 is 35.4 Å². The van der Waals surface area contributed by atoms with Gasteiger partial charge < -0.3 is 9.80 Å². The first-order chi connectivity index (χ1) is 10.6. The zero-order valence-corrected chi connectivity index (χ0v) is 12.8. The quantitative estimate of drug-likeness (QED) is 0.368. The van der Waals surface area contributed by atoms with Crippen molar-refractivity contribution in [3.63, 3.8) is 0 Å². The molecule has 2 atom stereocenters. The number of piperidine rings is 1. The SMILES string of the molecule is O=CN1CC(CCN2C(=O)C(=O)CCC2Cl)c2ccccc21. The number of likely N-dealkylation sites (tertiary alicyclic amines) is 1. The molecule has 2 amide bonds. The van der Waals surface area contributed by atoms with E-state index >= 15 is 0 Å². The average molecular weight is 321 g/mol. The second kappa shape index (κ2) is 6.08. The highest BCUT2D eigenvalue weighted by molar-refractivity contribution is 6.38. The number of hydrogen-bond donors (Lipinski definition) is 0.